The van der Waals surface area contributed by atoms with Gasteiger partial charge in [0.2, 0.25) is 5.91 Å². The van der Waals surface area contributed by atoms with Crippen LogP contribution in [0.3, 0.4) is 0 Å². The van der Waals surface area contributed by atoms with E-state index in [1.54, 1.807) is 0 Å². The fourth-order valence-electron chi connectivity index (χ4n) is 0.421. The van der Waals surface area contributed by atoms with Crippen molar-refractivity contribution in [2.45, 2.75) is 6.92 Å². The number of hydrogen-bond acceptors (Lipinski definition) is 3. The normalized spacial score (nSPS) is 8.92. The van der Waals surface area contributed by atoms with E-state index in [9.17, 15) is 9.59 Å². The molecule has 0 atom stereocenters. The van der Waals surface area contributed by atoms with Crippen LogP contribution in [0.25, 0.3) is 0 Å². The Morgan fingerprint density at radius 2 is 2.08 bits per heavy atom. The third kappa shape index (κ3) is 3.72. The minimum Gasteiger partial charge on any atom is -0.343 e. The first-order valence-corrected chi connectivity index (χ1v) is 3.34. The molecule has 0 heterocycles. The van der Waals surface area contributed by atoms with Crippen LogP contribution in [0.4, 0.5) is 0 Å². The predicted octanol–water partition coefficient (Wildman–Crippen LogP) is -0.474. The first-order valence-electron chi connectivity index (χ1n) is 3.34. The minimum atomic E-state index is -0.579. The number of nitrogens with zero attached hydrogens (tertiary/aromatic N) is 1. The average molecular weight is 172 g/mol. The monoisotopic (exact) mass is 172 g/mol. The molecule has 68 valence electrons. The Balaban J connectivity index is 3.77. The van der Waals surface area contributed by atoms with Crippen LogP contribution in [0, 0.1) is 0 Å². The molecule has 0 bridgehead atoms. The molecule has 0 aliphatic rings. The molecular formula is C7H12N2O3. The first-order chi connectivity index (χ1) is 5.45. The summed E-state index contributed by atoms with van der Waals surface area (Å²) in [4.78, 5) is 21.5. The van der Waals surface area contributed by atoms with Crippen LogP contribution >= 0.6 is 0 Å². The second-order valence-corrected chi connectivity index (χ2v) is 2.38. The number of hydroxylamine groups is 2. The van der Waals surface area contributed by atoms with Crippen LogP contribution in [-0.4, -0.2) is 35.7 Å². The zero-order valence-corrected chi connectivity index (χ0v) is 7.13. The summed E-state index contributed by atoms with van der Waals surface area (Å²) in [5.74, 6) is -0.977. The third-order valence-electron chi connectivity index (χ3n) is 1.15. The van der Waals surface area contributed by atoms with Crippen molar-refractivity contribution in [3.63, 3.8) is 0 Å². The maximum absolute atomic E-state index is 10.8. The summed E-state index contributed by atoms with van der Waals surface area (Å²) in [6, 6.07) is 0. The van der Waals surface area contributed by atoms with Gasteiger partial charge >= 0.3 is 0 Å². The number of hydrogen-bond donors (Lipinski definition) is 2. The van der Waals surface area contributed by atoms with E-state index in [0.29, 0.717) is 10.6 Å². The molecule has 0 spiro atoms. The molecule has 0 aromatic heterocycles. The third-order valence-corrected chi connectivity index (χ3v) is 1.15. The second kappa shape index (κ2) is 4.50. The zero-order chi connectivity index (χ0) is 9.72. The van der Waals surface area contributed by atoms with Gasteiger partial charge in [0, 0.05) is 12.6 Å². The average Bonchev–Trinajstić information content (AvgIpc) is 1.98. The fourth-order valence-corrected chi connectivity index (χ4v) is 0.421. The van der Waals surface area contributed by atoms with Crippen molar-refractivity contribution in [2.75, 3.05) is 13.6 Å². The fraction of sp³-hybridized carbons (Fsp3) is 0.429. The van der Waals surface area contributed by atoms with Crippen molar-refractivity contribution < 1.29 is 14.8 Å². The Hall–Kier alpha value is -1.36. The molecule has 5 heteroatoms. The molecule has 0 aromatic carbocycles. The highest BCUT2D eigenvalue weighted by atomic mass is 16.5. The van der Waals surface area contributed by atoms with Crippen LogP contribution in [0.15, 0.2) is 12.2 Å². The van der Waals surface area contributed by atoms with E-state index in [1.807, 2.05) is 0 Å². The molecular weight excluding hydrogens is 160 g/mol. The number of rotatable bonds is 3. The SMILES string of the molecule is C=C(C)C(=O)NCC(=O)N(C)O. The molecule has 0 unspecified atom stereocenters. The summed E-state index contributed by atoms with van der Waals surface area (Å²) in [6.45, 7) is 4.69. The van der Waals surface area contributed by atoms with Gasteiger partial charge < -0.3 is 5.32 Å². The molecule has 0 saturated carbocycles. The van der Waals surface area contributed by atoms with Crippen LogP contribution < -0.4 is 5.32 Å². The summed E-state index contributed by atoms with van der Waals surface area (Å²) in [5, 5.41) is 11.3. The Labute approximate surface area is 70.6 Å². The maximum atomic E-state index is 10.8. The molecule has 0 radical (unpaired) electrons. The molecule has 5 nitrogen and oxygen atoms in total. The maximum Gasteiger partial charge on any atom is 0.265 e. The van der Waals surface area contributed by atoms with Crippen LogP contribution in [0.1, 0.15) is 6.92 Å². The van der Waals surface area contributed by atoms with E-state index in [0.717, 1.165) is 0 Å². The standard InChI is InChI=1S/C7H12N2O3/c1-5(2)7(11)8-4-6(10)9(3)12/h12H,1,4H2,2-3H3,(H,8,11). The molecule has 0 aromatic rings. The lowest BCUT2D eigenvalue weighted by atomic mass is 10.3. The van der Waals surface area contributed by atoms with Gasteiger partial charge in [-0.25, -0.2) is 5.06 Å². The molecule has 0 aliphatic heterocycles. The summed E-state index contributed by atoms with van der Waals surface area (Å²) in [6.07, 6.45) is 0. The smallest absolute Gasteiger partial charge is 0.265 e. The number of carbonyl (C=O) groups excluding carboxylic acids is 2. The molecule has 0 saturated heterocycles. The lowest BCUT2D eigenvalue weighted by molar-refractivity contribution is -0.158. The molecule has 2 N–H and O–H groups in total. The quantitative estimate of drug-likeness (QED) is 0.343. The molecule has 0 aliphatic carbocycles. The van der Waals surface area contributed by atoms with Gasteiger partial charge in [0.15, 0.2) is 0 Å². The van der Waals surface area contributed by atoms with Crippen molar-refractivity contribution in [1.82, 2.24) is 10.4 Å². The summed E-state index contributed by atoms with van der Waals surface area (Å²) < 4.78 is 0. The lowest BCUT2D eigenvalue weighted by Gasteiger charge is -2.08. The minimum absolute atomic E-state index is 0.224. The Morgan fingerprint density at radius 3 is 2.42 bits per heavy atom. The summed E-state index contributed by atoms with van der Waals surface area (Å²) in [5.41, 5.74) is 0.323. The van der Waals surface area contributed by atoms with E-state index in [2.05, 4.69) is 11.9 Å². The van der Waals surface area contributed by atoms with Gasteiger partial charge in [-0.05, 0) is 6.92 Å². The van der Waals surface area contributed by atoms with Crippen LogP contribution in [0.2, 0.25) is 0 Å². The Bertz CT molecular complexity index is 211. The summed E-state index contributed by atoms with van der Waals surface area (Å²) >= 11 is 0. The highest BCUT2D eigenvalue weighted by molar-refractivity contribution is 5.94. The van der Waals surface area contributed by atoms with E-state index in [-0.39, 0.29) is 6.54 Å². The van der Waals surface area contributed by atoms with Crippen molar-refractivity contribution in [3.8, 4) is 0 Å². The van der Waals surface area contributed by atoms with E-state index < -0.39 is 11.8 Å². The number of carbonyl (C=O) groups is 2. The van der Waals surface area contributed by atoms with Crippen LogP contribution in [0.5, 0.6) is 0 Å². The van der Waals surface area contributed by atoms with Gasteiger partial charge in [-0.1, -0.05) is 6.58 Å². The number of amides is 2. The van der Waals surface area contributed by atoms with E-state index in [4.69, 9.17) is 5.21 Å². The Kier molecular flexibility index (Phi) is 3.99. The van der Waals surface area contributed by atoms with Gasteiger partial charge in [0.05, 0.1) is 6.54 Å². The van der Waals surface area contributed by atoms with Crippen molar-refractivity contribution in [1.29, 1.82) is 0 Å². The lowest BCUT2D eigenvalue weighted by Crippen LogP contribution is -2.36. The van der Waals surface area contributed by atoms with Gasteiger partial charge in [0.25, 0.3) is 5.91 Å². The van der Waals surface area contributed by atoms with E-state index >= 15 is 0 Å². The predicted molar refractivity (Wildman–Crippen MR) is 42.4 cm³/mol. The zero-order valence-electron chi connectivity index (χ0n) is 7.13. The Morgan fingerprint density at radius 1 is 1.58 bits per heavy atom. The largest absolute Gasteiger partial charge is 0.343 e. The topological polar surface area (TPSA) is 69.6 Å². The number of nitrogens with one attached hydrogen (secondary N) is 1. The molecule has 2 amide bonds. The molecule has 12 heavy (non-hydrogen) atoms. The first kappa shape index (κ1) is 10.6. The highest BCUT2D eigenvalue weighted by Crippen LogP contribution is 1.85. The van der Waals surface area contributed by atoms with Gasteiger partial charge in [0.1, 0.15) is 0 Å². The van der Waals surface area contributed by atoms with Crippen molar-refractivity contribution in [3.05, 3.63) is 12.2 Å². The van der Waals surface area contributed by atoms with Crippen LogP contribution in [-0.2, 0) is 9.59 Å². The molecule has 0 fully saturated rings. The summed E-state index contributed by atoms with van der Waals surface area (Å²) in [7, 11) is 1.19. The van der Waals surface area contributed by atoms with Crippen molar-refractivity contribution in [2.24, 2.45) is 0 Å². The van der Waals surface area contributed by atoms with Gasteiger partial charge in [-0.3, -0.25) is 14.8 Å². The second-order valence-electron chi connectivity index (χ2n) is 2.38. The number of likely N-dealkylation sites (N-methyl/N-ethyl adjacent to an activating group) is 1. The van der Waals surface area contributed by atoms with Crippen molar-refractivity contribution >= 4 is 11.8 Å². The molecule has 0 rings (SSSR count). The van der Waals surface area contributed by atoms with E-state index in [1.165, 1.54) is 14.0 Å². The van der Waals surface area contributed by atoms with Gasteiger partial charge in [-0.15, -0.1) is 0 Å². The van der Waals surface area contributed by atoms with Gasteiger partial charge in [-0.2, -0.15) is 0 Å². The highest BCUT2D eigenvalue weighted by Gasteiger charge is 2.07.